The van der Waals surface area contributed by atoms with E-state index in [1.54, 1.807) is 0 Å². The molecule has 2 unspecified atom stereocenters. The van der Waals surface area contributed by atoms with Crippen LogP contribution >= 0.6 is 0 Å². The summed E-state index contributed by atoms with van der Waals surface area (Å²) in [5.74, 6) is 5.64. The Balaban J connectivity index is 2.33. The summed E-state index contributed by atoms with van der Waals surface area (Å²) < 4.78 is 27.3. The summed E-state index contributed by atoms with van der Waals surface area (Å²) in [7, 11) is -3.93. The molecule has 116 valence electrons. The van der Waals surface area contributed by atoms with Gasteiger partial charge in [-0.1, -0.05) is 6.92 Å². The number of nitrogen functional groups attached to an aromatic ring is 1. The molecule has 0 heterocycles. The Morgan fingerprint density at radius 2 is 2.10 bits per heavy atom. The number of nitro benzene ring substituents is 1. The lowest BCUT2D eigenvalue weighted by atomic mass is 10.1. The van der Waals surface area contributed by atoms with Gasteiger partial charge >= 0.3 is 0 Å². The van der Waals surface area contributed by atoms with Crippen LogP contribution in [-0.4, -0.2) is 19.4 Å². The lowest BCUT2D eigenvalue weighted by molar-refractivity contribution is -0.387. The second kappa shape index (κ2) is 5.96. The largest absolute Gasteiger partial charge is 0.324 e. The van der Waals surface area contributed by atoms with Crippen LogP contribution in [0.1, 0.15) is 26.2 Å². The topological polar surface area (TPSA) is 127 Å². The van der Waals surface area contributed by atoms with Crippen molar-refractivity contribution in [1.29, 1.82) is 0 Å². The molecule has 1 fully saturated rings. The van der Waals surface area contributed by atoms with E-state index in [4.69, 9.17) is 5.84 Å². The molecule has 4 N–H and O–H groups in total. The maximum atomic E-state index is 12.4. The molecule has 0 saturated heterocycles. The predicted molar refractivity (Wildman–Crippen MR) is 78.0 cm³/mol. The van der Waals surface area contributed by atoms with E-state index >= 15 is 0 Å². The Morgan fingerprint density at radius 3 is 2.62 bits per heavy atom. The summed E-state index contributed by atoms with van der Waals surface area (Å²) in [4.78, 5) is 10.00. The van der Waals surface area contributed by atoms with Crippen molar-refractivity contribution in [2.45, 2.75) is 37.1 Å². The Morgan fingerprint density at radius 1 is 1.38 bits per heavy atom. The van der Waals surface area contributed by atoms with Gasteiger partial charge in [0.2, 0.25) is 10.0 Å². The van der Waals surface area contributed by atoms with Crippen LogP contribution in [0.25, 0.3) is 0 Å². The van der Waals surface area contributed by atoms with Crippen LogP contribution in [0.2, 0.25) is 0 Å². The zero-order valence-electron chi connectivity index (χ0n) is 11.6. The SMILES string of the molecule is CC1CCC(NS(=O)(=O)c2ccc(NN)cc2[N+](=O)[O-])C1. The second-order valence-corrected chi connectivity index (χ2v) is 7.00. The Bertz CT molecular complexity index is 647. The first-order chi connectivity index (χ1) is 9.83. The first-order valence-corrected chi connectivity index (χ1v) is 8.09. The number of nitrogens with one attached hydrogen (secondary N) is 2. The zero-order chi connectivity index (χ0) is 15.6. The maximum absolute atomic E-state index is 12.4. The standard InChI is InChI=1S/C12H18N4O4S/c1-8-2-3-10(6-8)15-21(19,20)12-5-4-9(14-13)7-11(12)16(17)18/h4-5,7-8,10,14-15H,2-3,6,13H2,1H3. The molecule has 2 atom stereocenters. The molecule has 0 amide bonds. The fourth-order valence-electron chi connectivity index (χ4n) is 2.57. The lowest BCUT2D eigenvalue weighted by Crippen LogP contribution is -2.33. The highest BCUT2D eigenvalue weighted by Crippen LogP contribution is 2.30. The molecular weight excluding hydrogens is 296 g/mol. The Hall–Kier alpha value is -1.71. The van der Waals surface area contributed by atoms with Crippen molar-refractivity contribution < 1.29 is 13.3 Å². The van der Waals surface area contributed by atoms with E-state index in [1.165, 1.54) is 12.1 Å². The first-order valence-electron chi connectivity index (χ1n) is 6.61. The Kier molecular flexibility index (Phi) is 4.45. The van der Waals surface area contributed by atoms with E-state index in [1.807, 2.05) is 0 Å². The van der Waals surface area contributed by atoms with E-state index in [2.05, 4.69) is 17.1 Å². The number of benzene rings is 1. The first kappa shape index (κ1) is 15.7. The molecule has 2 rings (SSSR count). The van der Waals surface area contributed by atoms with Crippen LogP contribution in [0.5, 0.6) is 0 Å². The van der Waals surface area contributed by atoms with Crippen LogP contribution in [0, 0.1) is 16.0 Å². The van der Waals surface area contributed by atoms with Crippen LogP contribution in [0.3, 0.4) is 0 Å². The van der Waals surface area contributed by atoms with Crippen LogP contribution in [0.4, 0.5) is 11.4 Å². The number of sulfonamides is 1. The van der Waals surface area contributed by atoms with Crippen LogP contribution in [-0.2, 0) is 10.0 Å². The number of nitrogens with two attached hydrogens (primary N) is 1. The van der Waals surface area contributed by atoms with Crippen molar-refractivity contribution >= 4 is 21.4 Å². The van der Waals surface area contributed by atoms with E-state index in [9.17, 15) is 18.5 Å². The molecule has 0 aromatic heterocycles. The molecule has 21 heavy (non-hydrogen) atoms. The highest BCUT2D eigenvalue weighted by molar-refractivity contribution is 7.89. The van der Waals surface area contributed by atoms with Gasteiger partial charge < -0.3 is 5.43 Å². The molecule has 1 aliphatic rings. The summed E-state index contributed by atoms with van der Waals surface area (Å²) in [5.41, 5.74) is 2.04. The van der Waals surface area contributed by atoms with Crippen molar-refractivity contribution in [3.05, 3.63) is 28.3 Å². The molecule has 1 aromatic carbocycles. The third kappa shape index (κ3) is 3.49. The minimum absolute atomic E-state index is 0.170. The molecule has 1 saturated carbocycles. The lowest BCUT2D eigenvalue weighted by Gasteiger charge is -2.13. The number of anilines is 1. The van der Waals surface area contributed by atoms with Gasteiger partial charge in [-0.3, -0.25) is 16.0 Å². The third-order valence-corrected chi connectivity index (χ3v) is 5.20. The van der Waals surface area contributed by atoms with E-state index in [-0.39, 0.29) is 16.6 Å². The predicted octanol–water partition coefficient (Wildman–Crippen LogP) is 1.35. The summed E-state index contributed by atoms with van der Waals surface area (Å²) in [6.45, 7) is 2.05. The second-order valence-electron chi connectivity index (χ2n) is 5.32. The van der Waals surface area contributed by atoms with Gasteiger partial charge in [0, 0.05) is 12.1 Å². The number of hydrogen-bond donors (Lipinski definition) is 3. The van der Waals surface area contributed by atoms with E-state index in [0.29, 0.717) is 5.92 Å². The van der Waals surface area contributed by atoms with Gasteiger partial charge in [0.25, 0.3) is 5.69 Å². The minimum Gasteiger partial charge on any atom is -0.324 e. The fraction of sp³-hybridized carbons (Fsp3) is 0.500. The molecule has 9 heteroatoms. The van der Waals surface area contributed by atoms with Crippen molar-refractivity contribution in [3.8, 4) is 0 Å². The maximum Gasteiger partial charge on any atom is 0.291 e. The molecule has 0 aliphatic heterocycles. The summed E-state index contributed by atoms with van der Waals surface area (Å²) in [6, 6.07) is 3.51. The van der Waals surface area contributed by atoms with E-state index in [0.717, 1.165) is 25.3 Å². The van der Waals surface area contributed by atoms with Crippen LogP contribution < -0.4 is 16.0 Å². The van der Waals surface area contributed by atoms with Gasteiger partial charge in [-0.15, -0.1) is 0 Å². The molecule has 8 nitrogen and oxygen atoms in total. The van der Waals surface area contributed by atoms with Gasteiger partial charge in [-0.05, 0) is 37.3 Å². The normalized spacial score (nSPS) is 22.2. The third-order valence-electron chi connectivity index (χ3n) is 3.63. The Labute approximate surface area is 122 Å². The van der Waals surface area contributed by atoms with Crippen LogP contribution in [0.15, 0.2) is 23.1 Å². The average Bonchev–Trinajstić information content (AvgIpc) is 2.82. The molecule has 1 aromatic rings. The molecule has 0 spiro atoms. The highest BCUT2D eigenvalue weighted by Gasteiger charge is 2.31. The number of nitrogens with zero attached hydrogens (tertiary/aromatic N) is 1. The zero-order valence-corrected chi connectivity index (χ0v) is 12.4. The van der Waals surface area contributed by atoms with Gasteiger partial charge in [-0.25, -0.2) is 13.1 Å². The van der Waals surface area contributed by atoms with Gasteiger partial charge in [-0.2, -0.15) is 0 Å². The molecule has 0 radical (unpaired) electrons. The van der Waals surface area contributed by atoms with Crippen molar-refractivity contribution in [2.24, 2.45) is 11.8 Å². The fourth-order valence-corrected chi connectivity index (χ4v) is 4.01. The summed E-state index contributed by atoms with van der Waals surface area (Å²) >= 11 is 0. The average molecular weight is 314 g/mol. The van der Waals surface area contributed by atoms with Crippen molar-refractivity contribution in [2.75, 3.05) is 5.43 Å². The molecule has 1 aliphatic carbocycles. The van der Waals surface area contributed by atoms with Gasteiger partial charge in [0.1, 0.15) is 0 Å². The summed E-state index contributed by atoms with van der Waals surface area (Å²) in [6.07, 6.45) is 2.44. The van der Waals surface area contributed by atoms with Crippen molar-refractivity contribution in [1.82, 2.24) is 4.72 Å². The quantitative estimate of drug-likeness (QED) is 0.427. The number of hydrazine groups is 1. The molecular formula is C12H18N4O4S. The number of rotatable bonds is 5. The number of hydrogen-bond acceptors (Lipinski definition) is 6. The monoisotopic (exact) mass is 314 g/mol. The van der Waals surface area contributed by atoms with Crippen molar-refractivity contribution in [3.63, 3.8) is 0 Å². The highest BCUT2D eigenvalue weighted by atomic mass is 32.2. The molecule has 0 bridgehead atoms. The number of nitro groups is 1. The minimum atomic E-state index is -3.93. The van der Waals surface area contributed by atoms with Gasteiger partial charge in [0.15, 0.2) is 4.90 Å². The van der Waals surface area contributed by atoms with E-state index < -0.39 is 20.6 Å². The smallest absolute Gasteiger partial charge is 0.291 e. The summed E-state index contributed by atoms with van der Waals surface area (Å²) in [5, 5.41) is 11.1. The van der Waals surface area contributed by atoms with Gasteiger partial charge in [0.05, 0.1) is 10.6 Å².